The van der Waals surface area contributed by atoms with E-state index in [9.17, 15) is 14.4 Å². The number of anilines is 1. The molecule has 2 N–H and O–H groups in total. The summed E-state index contributed by atoms with van der Waals surface area (Å²) in [6.07, 6.45) is 10.8. The minimum Gasteiger partial charge on any atom is -0.341 e. The molecule has 4 heterocycles. The van der Waals surface area contributed by atoms with Gasteiger partial charge in [-0.05, 0) is 74.4 Å². The molecule has 4 aliphatic rings. The number of hydrogen-bond donors (Lipinski definition) is 2. The number of nitrogens with zero attached hydrogens (tertiary/aromatic N) is 4. The molecule has 0 unspecified atom stereocenters. The lowest BCUT2D eigenvalue weighted by molar-refractivity contribution is -0.134. The highest BCUT2D eigenvalue weighted by Crippen LogP contribution is 2.28. The molecular formula is C36H48N6O3. The fourth-order valence-corrected chi connectivity index (χ4v) is 7.55. The Bertz CT molecular complexity index is 1360. The van der Waals surface area contributed by atoms with Gasteiger partial charge in [0.25, 0.3) is 0 Å². The van der Waals surface area contributed by atoms with Gasteiger partial charge in [-0.1, -0.05) is 68.0 Å². The Morgan fingerprint density at radius 1 is 0.867 bits per heavy atom. The second-order valence-corrected chi connectivity index (χ2v) is 13.1. The van der Waals surface area contributed by atoms with Crippen molar-refractivity contribution < 1.29 is 14.4 Å². The van der Waals surface area contributed by atoms with Crippen LogP contribution in [0.1, 0.15) is 68.1 Å². The number of urea groups is 2. The Kier molecular flexibility index (Phi) is 10.0. The van der Waals surface area contributed by atoms with E-state index in [0.717, 1.165) is 48.3 Å². The fraction of sp³-hybridized carbons (Fsp3) is 0.528. The summed E-state index contributed by atoms with van der Waals surface area (Å²) in [4.78, 5) is 48.8. The Morgan fingerprint density at radius 3 is 2.29 bits per heavy atom. The van der Waals surface area contributed by atoms with Crippen molar-refractivity contribution in [2.75, 3.05) is 44.6 Å². The van der Waals surface area contributed by atoms with Crippen molar-refractivity contribution in [3.8, 4) is 0 Å². The van der Waals surface area contributed by atoms with Crippen LogP contribution < -0.4 is 10.6 Å². The summed E-state index contributed by atoms with van der Waals surface area (Å²) >= 11 is 0. The van der Waals surface area contributed by atoms with E-state index in [0.29, 0.717) is 44.9 Å². The van der Waals surface area contributed by atoms with Crippen molar-refractivity contribution in [1.82, 2.24) is 24.9 Å². The van der Waals surface area contributed by atoms with E-state index in [1.807, 2.05) is 58.3 Å². The van der Waals surface area contributed by atoms with Gasteiger partial charge in [-0.15, -0.1) is 0 Å². The van der Waals surface area contributed by atoms with Gasteiger partial charge in [0.1, 0.15) is 6.04 Å². The number of amides is 5. The summed E-state index contributed by atoms with van der Waals surface area (Å²) in [7, 11) is 0. The molecule has 240 valence electrons. The number of piperidine rings is 2. The van der Waals surface area contributed by atoms with E-state index in [1.54, 1.807) is 11.0 Å². The van der Waals surface area contributed by atoms with E-state index in [4.69, 9.17) is 0 Å². The minimum absolute atomic E-state index is 0.000196. The molecule has 3 fully saturated rings. The van der Waals surface area contributed by atoms with Crippen molar-refractivity contribution in [1.29, 1.82) is 0 Å². The first-order chi connectivity index (χ1) is 22.0. The highest BCUT2D eigenvalue weighted by Gasteiger charge is 2.35. The van der Waals surface area contributed by atoms with Crippen LogP contribution in [0.4, 0.5) is 15.3 Å². The number of likely N-dealkylation sites (tertiary alicyclic amines) is 3. The van der Waals surface area contributed by atoms with E-state index < -0.39 is 6.04 Å². The molecule has 6 rings (SSSR count). The molecule has 0 bridgehead atoms. The first-order valence-electron chi connectivity index (χ1n) is 16.9. The predicted octanol–water partition coefficient (Wildman–Crippen LogP) is 5.33. The predicted molar refractivity (Wildman–Crippen MR) is 178 cm³/mol. The number of benzene rings is 2. The molecule has 1 atom stereocenters. The molecule has 4 aliphatic heterocycles. The second-order valence-electron chi connectivity index (χ2n) is 13.1. The van der Waals surface area contributed by atoms with Crippen molar-refractivity contribution >= 4 is 29.7 Å². The van der Waals surface area contributed by atoms with Gasteiger partial charge in [-0.25, -0.2) is 9.59 Å². The third-order valence-electron chi connectivity index (χ3n) is 10.2. The van der Waals surface area contributed by atoms with Gasteiger partial charge in [0.15, 0.2) is 0 Å². The van der Waals surface area contributed by atoms with Crippen LogP contribution in [0.25, 0.3) is 6.08 Å². The smallest absolute Gasteiger partial charge is 0.322 e. The van der Waals surface area contributed by atoms with Crippen LogP contribution in [-0.2, 0) is 17.8 Å². The SMILES string of the molecule is C=Cc1cccc(C[C@@H](NC(=O)N2CCC(N3Cc4ccccc4NC3=O)CC2)C(=O)N2CCC(N3CCCCCC3)CC2)c1. The van der Waals surface area contributed by atoms with Gasteiger partial charge in [-0.2, -0.15) is 0 Å². The lowest BCUT2D eigenvalue weighted by Gasteiger charge is -2.41. The molecule has 3 saturated heterocycles. The second kappa shape index (κ2) is 14.5. The summed E-state index contributed by atoms with van der Waals surface area (Å²) in [6, 6.07) is 15.6. The molecule has 0 radical (unpaired) electrons. The zero-order chi connectivity index (χ0) is 31.2. The Balaban J connectivity index is 1.08. The number of hydrogen-bond acceptors (Lipinski definition) is 4. The minimum atomic E-state index is -0.644. The number of carbonyl (C=O) groups excluding carboxylic acids is 3. The molecule has 2 aromatic carbocycles. The van der Waals surface area contributed by atoms with Crippen molar-refractivity contribution in [2.24, 2.45) is 0 Å². The van der Waals surface area contributed by atoms with E-state index in [2.05, 4.69) is 22.1 Å². The quantitative estimate of drug-likeness (QED) is 0.443. The number of fused-ring (bicyclic) bond motifs is 1. The van der Waals surface area contributed by atoms with Crippen LogP contribution >= 0.6 is 0 Å². The average Bonchev–Trinajstić information content (AvgIpc) is 3.37. The molecular weight excluding hydrogens is 564 g/mol. The molecule has 9 heteroatoms. The van der Waals surface area contributed by atoms with Crippen molar-refractivity contribution in [3.63, 3.8) is 0 Å². The number of carbonyl (C=O) groups is 3. The molecule has 2 aromatic rings. The summed E-state index contributed by atoms with van der Waals surface area (Å²) in [6.45, 7) is 9.34. The van der Waals surface area contributed by atoms with Crippen LogP contribution in [0.2, 0.25) is 0 Å². The van der Waals surface area contributed by atoms with Gasteiger partial charge in [0.05, 0.1) is 0 Å². The molecule has 0 spiro atoms. The van der Waals surface area contributed by atoms with Crippen LogP contribution in [0.15, 0.2) is 55.1 Å². The molecule has 0 aromatic heterocycles. The number of rotatable bonds is 7. The first kappa shape index (κ1) is 31.1. The maximum Gasteiger partial charge on any atom is 0.322 e. The maximum absolute atomic E-state index is 14.0. The fourth-order valence-electron chi connectivity index (χ4n) is 7.55. The van der Waals surface area contributed by atoms with Gasteiger partial charge in [0.2, 0.25) is 5.91 Å². The van der Waals surface area contributed by atoms with Crippen LogP contribution in [0.3, 0.4) is 0 Å². The summed E-state index contributed by atoms with van der Waals surface area (Å²) in [5, 5.41) is 6.14. The Labute approximate surface area is 267 Å². The molecule has 5 amide bonds. The van der Waals surface area contributed by atoms with E-state index in [-0.39, 0.29) is 24.0 Å². The zero-order valence-corrected chi connectivity index (χ0v) is 26.5. The highest BCUT2D eigenvalue weighted by atomic mass is 16.2. The molecule has 45 heavy (non-hydrogen) atoms. The van der Waals surface area contributed by atoms with Gasteiger partial charge in [0, 0.05) is 56.9 Å². The number of para-hydroxylation sites is 1. The van der Waals surface area contributed by atoms with Crippen LogP contribution in [0.5, 0.6) is 0 Å². The lowest BCUT2D eigenvalue weighted by Crippen LogP contribution is -2.57. The monoisotopic (exact) mass is 612 g/mol. The van der Waals surface area contributed by atoms with Crippen molar-refractivity contribution in [3.05, 3.63) is 71.8 Å². The third kappa shape index (κ3) is 7.52. The topological polar surface area (TPSA) is 88.2 Å². The lowest BCUT2D eigenvalue weighted by atomic mass is 9.99. The van der Waals surface area contributed by atoms with Gasteiger partial charge < -0.3 is 30.2 Å². The first-order valence-corrected chi connectivity index (χ1v) is 16.9. The van der Waals surface area contributed by atoms with Gasteiger partial charge >= 0.3 is 12.1 Å². The Hall–Kier alpha value is -3.85. The highest BCUT2D eigenvalue weighted by molar-refractivity contribution is 5.92. The average molecular weight is 613 g/mol. The third-order valence-corrected chi connectivity index (χ3v) is 10.2. The normalized spacial score (nSPS) is 21.0. The molecule has 0 saturated carbocycles. The Morgan fingerprint density at radius 2 is 1.56 bits per heavy atom. The summed E-state index contributed by atoms with van der Waals surface area (Å²) in [5.41, 5.74) is 3.97. The van der Waals surface area contributed by atoms with Gasteiger partial charge in [-0.3, -0.25) is 4.79 Å². The van der Waals surface area contributed by atoms with Crippen LogP contribution in [-0.4, -0.2) is 95.0 Å². The number of nitrogens with one attached hydrogen (secondary N) is 2. The van der Waals surface area contributed by atoms with Crippen LogP contribution in [0, 0.1) is 0 Å². The van der Waals surface area contributed by atoms with Crippen molar-refractivity contribution in [2.45, 2.75) is 82.5 Å². The zero-order valence-electron chi connectivity index (χ0n) is 26.5. The standard InChI is InChI=1S/C36H48N6O3/c1-2-27-10-9-11-28(24-27)25-33(34(43)40-20-14-30(15-21-40)39-18-7-3-4-8-19-39)38-35(44)41-22-16-31(17-23-41)42-26-29-12-5-6-13-32(29)37-36(42)45/h2,5-6,9-13,24,30-31,33H,1,3-4,7-8,14-23,25-26H2,(H,37,45)(H,38,44)/t33-/m1/s1. The summed E-state index contributed by atoms with van der Waals surface area (Å²) in [5.74, 6) is 0.000196. The maximum atomic E-state index is 14.0. The van der Waals surface area contributed by atoms with E-state index in [1.165, 1.54) is 38.8 Å². The van der Waals surface area contributed by atoms with E-state index >= 15 is 0 Å². The largest absolute Gasteiger partial charge is 0.341 e. The molecule has 9 nitrogen and oxygen atoms in total. The molecule has 0 aliphatic carbocycles. The summed E-state index contributed by atoms with van der Waals surface area (Å²) < 4.78 is 0.